The van der Waals surface area contributed by atoms with Crippen molar-refractivity contribution in [3.05, 3.63) is 88.9 Å². The highest BCUT2D eigenvalue weighted by Crippen LogP contribution is 2.36. The second-order valence-corrected chi connectivity index (χ2v) is 12.5. The molecule has 0 unspecified atom stereocenters. The number of fused-ring (bicyclic) bond motifs is 2. The summed E-state index contributed by atoms with van der Waals surface area (Å²) in [6.07, 6.45) is 1.41. The summed E-state index contributed by atoms with van der Waals surface area (Å²) in [5, 5.41) is 15.8. The van der Waals surface area contributed by atoms with E-state index in [1.165, 1.54) is 11.3 Å². The number of carbonyl (C=O) groups excluding carboxylic acids is 2. The number of aliphatic hydroxyl groups is 1. The molecule has 3 aromatic carbocycles. The van der Waals surface area contributed by atoms with Gasteiger partial charge in [-0.2, -0.15) is 0 Å². The normalized spacial score (nSPS) is 18.2. The van der Waals surface area contributed by atoms with Gasteiger partial charge in [-0.15, -0.1) is 11.3 Å². The zero-order chi connectivity index (χ0) is 31.5. The highest BCUT2D eigenvalue weighted by molar-refractivity contribution is 7.13. The maximum atomic E-state index is 13.8. The summed E-state index contributed by atoms with van der Waals surface area (Å²) in [5.41, 5.74) is 3.21. The molecule has 234 valence electrons. The smallest absolute Gasteiger partial charge is 0.258 e. The first-order valence-corrected chi connectivity index (χ1v) is 15.8. The molecule has 4 aromatic rings. The largest absolute Gasteiger partial charge is 0.486 e. The van der Waals surface area contributed by atoms with Crippen molar-refractivity contribution in [2.45, 2.75) is 32.5 Å². The number of hydrogen-bond donors (Lipinski definition) is 2. The fourth-order valence-electron chi connectivity index (χ4n) is 5.61. The Balaban J connectivity index is 1.26. The van der Waals surface area contributed by atoms with Gasteiger partial charge in [0.1, 0.15) is 11.1 Å². The van der Waals surface area contributed by atoms with E-state index >= 15 is 0 Å². The molecule has 2 amide bonds. The topological polar surface area (TPSA) is 113 Å². The maximum absolute atomic E-state index is 13.8. The van der Waals surface area contributed by atoms with Crippen LogP contribution in [0.2, 0.25) is 0 Å². The Morgan fingerprint density at radius 1 is 1.16 bits per heavy atom. The van der Waals surface area contributed by atoms with E-state index in [2.05, 4.69) is 15.2 Å². The second kappa shape index (κ2) is 13.3. The lowest BCUT2D eigenvalue weighted by atomic mass is 9.98. The molecule has 0 radical (unpaired) electrons. The Morgan fingerprint density at radius 3 is 2.71 bits per heavy atom. The summed E-state index contributed by atoms with van der Waals surface area (Å²) in [5.74, 6) is 1.13. The van der Waals surface area contributed by atoms with Crippen molar-refractivity contribution in [3.8, 4) is 27.8 Å². The van der Waals surface area contributed by atoms with Crippen molar-refractivity contribution in [3.63, 3.8) is 0 Å². The summed E-state index contributed by atoms with van der Waals surface area (Å²) in [6, 6.07) is 17.9. The minimum absolute atomic E-state index is 0.0857. The molecule has 0 spiro atoms. The van der Waals surface area contributed by atoms with Crippen LogP contribution in [0.25, 0.3) is 10.6 Å². The maximum Gasteiger partial charge on any atom is 0.258 e. The quantitative estimate of drug-likeness (QED) is 0.262. The number of amides is 2. The first kappa shape index (κ1) is 30.6. The molecule has 11 heteroatoms. The zero-order valence-electron chi connectivity index (χ0n) is 25.4. The minimum Gasteiger partial charge on any atom is -0.486 e. The van der Waals surface area contributed by atoms with E-state index in [-0.39, 0.29) is 37.2 Å². The van der Waals surface area contributed by atoms with Gasteiger partial charge in [-0.1, -0.05) is 31.2 Å². The van der Waals surface area contributed by atoms with Gasteiger partial charge in [0.05, 0.1) is 23.9 Å². The average Bonchev–Trinajstić information content (AvgIpc) is 3.75. The standard InChI is InChI=1S/C34H36N4O6S/c1-21-16-38(22(2)19-39)34(41)26-5-4-6-27(36-32(40)24-8-10-25(11-9-24)33-35-13-14-45-33)31(26)44-30(21)18-37(3)17-23-7-12-28-29(15-23)43-20-42-28/h4-15,21-22,30,39H,16-20H2,1-3H3,(H,36,40)/t21-,22+,30+/m0/s1. The van der Waals surface area contributed by atoms with Crippen LogP contribution < -0.4 is 19.5 Å². The van der Waals surface area contributed by atoms with Crippen LogP contribution in [-0.4, -0.2) is 77.4 Å². The van der Waals surface area contributed by atoms with E-state index in [9.17, 15) is 14.7 Å². The first-order valence-electron chi connectivity index (χ1n) is 14.9. The van der Waals surface area contributed by atoms with Crippen molar-refractivity contribution in [1.82, 2.24) is 14.8 Å². The van der Waals surface area contributed by atoms with Crippen LogP contribution in [0.15, 0.2) is 72.2 Å². The average molecular weight is 629 g/mol. The fraction of sp³-hybridized carbons (Fsp3) is 0.324. The summed E-state index contributed by atoms with van der Waals surface area (Å²) in [4.78, 5) is 35.5. The van der Waals surface area contributed by atoms with E-state index in [0.29, 0.717) is 42.2 Å². The highest BCUT2D eigenvalue weighted by Gasteiger charge is 2.34. The van der Waals surface area contributed by atoms with E-state index in [4.69, 9.17) is 14.2 Å². The summed E-state index contributed by atoms with van der Waals surface area (Å²) in [7, 11) is 2.02. The number of aliphatic hydroxyl groups excluding tert-OH is 1. The predicted molar refractivity (Wildman–Crippen MR) is 172 cm³/mol. The van der Waals surface area contributed by atoms with Crippen molar-refractivity contribution >= 4 is 28.8 Å². The molecule has 10 nitrogen and oxygen atoms in total. The fourth-order valence-corrected chi connectivity index (χ4v) is 6.25. The van der Waals surface area contributed by atoms with Gasteiger partial charge in [-0.05, 0) is 55.9 Å². The molecule has 45 heavy (non-hydrogen) atoms. The Kier molecular flexibility index (Phi) is 9.02. The number of thiazole rings is 1. The summed E-state index contributed by atoms with van der Waals surface area (Å²) < 4.78 is 17.7. The Hall–Kier alpha value is -4.45. The molecular formula is C34H36N4O6S. The molecule has 2 N–H and O–H groups in total. The monoisotopic (exact) mass is 628 g/mol. The van der Waals surface area contributed by atoms with Crippen LogP contribution in [0.5, 0.6) is 17.2 Å². The lowest BCUT2D eigenvalue weighted by molar-refractivity contribution is 0.0343. The second-order valence-electron chi connectivity index (χ2n) is 11.6. The number of carbonyl (C=O) groups is 2. The van der Waals surface area contributed by atoms with Gasteiger partial charge in [0.2, 0.25) is 6.79 Å². The van der Waals surface area contributed by atoms with Crippen molar-refractivity contribution in [2.75, 3.05) is 38.9 Å². The van der Waals surface area contributed by atoms with Crippen LogP contribution in [0.1, 0.15) is 40.1 Å². The number of ether oxygens (including phenoxy) is 3. The first-order chi connectivity index (χ1) is 21.8. The van der Waals surface area contributed by atoms with Gasteiger partial charge in [0.15, 0.2) is 17.2 Å². The lowest BCUT2D eigenvalue weighted by Gasteiger charge is -2.38. The zero-order valence-corrected chi connectivity index (χ0v) is 26.3. The highest BCUT2D eigenvalue weighted by atomic mass is 32.1. The minimum atomic E-state index is -0.396. The van der Waals surface area contributed by atoms with E-state index in [1.807, 2.05) is 56.6 Å². The number of hydrogen-bond acceptors (Lipinski definition) is 9. The summed E-state index contributed by atoms with van der Waals surface area (Å²) in [6.45, 7) is 5.52. The number of para-hydroxylation sites is 1. The number of nitrogens with zero attached hydrogens (tertiary/aromatic N) is 3. The number of nitrogens with one attached hydrogen (secondary N) is 1. The molecule has 0 aliphatic carbocycles. The van der Waals surface area contributed by atoms with Gasteiger partial charge >= 0.3 is 0 Å². The van der Waals surface area contributed by atoms with Gasteiger partial charge < -0.3 is 29.5 Å². The van der Waals surface area contributed by atoms with Crippen molar-refractivity contribution < 1.29 is 28.9 Å². The van der Waals surface area contributed by atoms with E-state index < -0.39 is 6.04 Å². The number of benzene rings is 3. The molecule has 1 aromatic heterocycles. The molecule has 2 aliphatic heterocycles. The number of aromatic nitrogens is 1. The van der Waals surface area contributed by atoms with Crippen molar-refractivity contribution in [1.29, 1.82) is 0 Å². The van der Waals surface area contributed by atoms with Crippen LogP contribution in [0.4, 0.5) is 5.69 Å². The number of rotatable bonds is 9. The molecular weight excluding hydrogens is 592 g/mol. The molecule has 2 aliphatic rings. The van der Waals surface area contributed by atoms with Crippen molar-refractivity contribution in [2.24, 2.45) is 5.92 Å². The predicted octanol–water partition coefficient (Wildman–Crippen LogP) is 5.14. The number of likely N-dealkylation sites (N-methyl/N-ethyl adjacent to an activating group) is 1. The molecule has 3 atom stereocenters. The van der Waals surface area contributed by atoms with Gasteiger partial charge in [0.25, 0.3) is 11.8 Å². The van der Waals surface area contributed by atoms with Gasteiger partial charge in [-0.25, -0.2) is 4.98 Å². The van der Waals surface area contributed by atoms with Crippen LogP contribution in [0, 0.1) is 5.92 Å². The third kappa shape index (κ3) is 6.65. The van der Waals surface area contributed by atoms with Crippen LogP contribution in [0.3, 0.4) is 0 Å². The Bertz CT molecular complexity index is 1660. The molecule has 0 bridgehead atoms. The molecule has 0 saturated carbocycles. The number of anilines is 1. The Labute approximate surface area is 266 Å². The van der Waals surface area contributed by atoms with Crippen LogP contribution >= 0.6 is 11.3 Å². The van der Waals surface area contributed by atoms with E-state index in [0.717, 1.165) is 27.6 Å². The molecule has 0 saturated heterocycles. The molecule has 3 heterocycles. The van der Waals surface area contributed by atoms with E-state index in [1.54, 1.807) is 41.4 Å². The molecule has 6 rings (SSSR count). The third-order valence-corrected chi connectivity index (χ3v) is 8.97. The SMILES string of the molecule is C[C@H](CO)N1C[C@H](C)[C@@H](CN(C)Cc2ccc3c(c2)OCO3)Oc2c(NC(=O)c3ccc(-c4nccs4)cc3)cccc2C1=O. The summed E-state index contributed by atoms with van der Waals surface area (Å²) >= 11 is 1.53. The lowest BCUT2D eigenvalue weighted by Crippen LogP contribution is -2.49. The molecule has 0 fully saturated rings. The van der Waals surface area contributed by atoms with Gasteiger partial charge in [0, 0.05) is 48.3 Å². The van der Waals surface area contributed by atoms with Gasteiger partial charge in [-0.3, -0.25) is 14.5 Å². The Morgan fingerprint density at radius 2 is 1.96 bits per heavy atom. The third-order valence-electron chi connectivity index (χ3n) is 8.15. The van der Waals surface area contributed by atoms with Crippen LogP contribution in [-0.2, 0) is 6.54 Å².